The van der Waals surface area contributed by atoms with Crippen molar-refractivity contribution in [2.75, 3.05) is 18.0 Å². The minimum absolute atomic E-state index is 0.380. The molecule has 0 saturated heterocycles. The molecule has 0 aliphatic carbocycles. The van der Waals surface area contributed by atoms with Gasteiger partial charge in [0.2, 0.25) is 5.13 Å². The molecule has 138 valence electrons. The molecule has 0 radical (unpaired) electrons. The number of benzene rings is 2. The summed E-state index contributed by atoms with van der Waals surface area (Å²) in [6.45, 7) is 5.76. The number of esters is 1. The van der Waals surface area contributed by atoms with Gasteiger partial charge in [-0.05, 0) is 48.9 Å². The number of amidine groups is 1. The lowest BCUT2D eigenvalue weighted by Gasteiger charge is -2.10. The highest BCUT2D eigenvalue weighted by Crippen LogP contribution is 2.24. The molecule has 0 bridgehead atoms. The minimum Gasteiger partial charge on any atom is -0.465 e. The SMILES string of the molecule is C=C(C)/C(=N\Nc1ccc(C(=O)OC)cc1)NNc1nc2ccccc2s1. The first-order valence-corrected chi connectivity index (χ1v) is 8.94. The Morgan fingerprint density at radius 3 is 2.59 bits per heavy atom. The average Bonchev–Trinajstić information content (AvgIpc) is 3.10. The van der Waals surface area contributed by atoms with E-state index < -0.39 is 0 Å². The number of hydrazine groups is 1. The van der Waals surface area contributed by atoms with Crippen molar-refractivity contribution >= 4 is 44.2 Å². The van der Waals surface area contributed by atoms with Crippen LogP contribution in [0.25, 0.3) is 10.2 Å². The van der Waals surface area contributed by atoms with Crippen molar-refractivity contribution in [1.82, 2.24) is 10.4 Å². The standard InChI is InChI=1S/C19H19N5O2S/c1-12(2)17(22-21-14-10-8-13(9-11-14)18(25)26-3)23-24-19-20-15-6-4-5-7-16(15)27-19/h4-11,21H,1H2,2-3H3,(H,20,24)(H,22,23). The van der Waals surface area contributed by atoms with Gasteiger partial charge in [-0.2, -0.15) is 5.10 Å². The van der Waals surface area contributed by atoms with Gasteiger partial charge in [0.25, 0.3) is 0 Å². The molecule has 1 heterocycles. The molecular formula is C19H19N5O2S. The number of para-hydroxylation sites is 1. The van der Waals surface area contributed by atoms with E-state index in [-0.39, 0.29) is 5.97 Å². The fourth-order valence-electron chi connectivity index (χ4n) is 2.19. The van der Waals surface area contributed by atoms with Crippen molar-refractivity contribution in [2.45, 2.75) is 6.92 Å². The number of rotatable bonds is 6. The molecule has 0 spiro atoms. The number of carbonyl (C=O) groups is 1. The van der Waals surface area contributed by atoms with Gasteiger partial charge in [-0.1, -0.05) is 30.0 Å². The zero-order valence-corrected chi connectivity index (χ0v) is 15.8. The number of nitrogens with one attached hydrogen (secondary N) is 3. The highest BCUT2D eigenvalue weighted by Gasteiger charge is 2.06. The molecule has 0 atom stereocenters. The van der Waals surface area contributed by atoms with Gasteiger partial charge in [-0.3, -0.25) is 16.3 Å². The lowest BCUT2D eigenvalue weighted by molar-refractivity contribution is 0.0601. The van der Waals surface area contributed by atoms with Gasteiger partial charge in [0, 0.05) is 0 Å². The summed E-state index contributed by atoms with van der Waals surface area (Å²) in [6.07, 6.45) is 0. The van der Waals surface area contributed by atoms with Gasteiger partial charge in [-0.25, -0.2) is 9.78 Å². The van der Waals surface area contributed by atoms with Crippen molar-refractivity contribution in [3.63, 3.8) is 0 Å². The van der Waals surface area contributed by atoms with Crippen LogP contribution in [0.2, 0.25) is 0 Å². The van der Waals surface area contributed by atoms with E-state index in [0.717, 1.165) is 26.6 Å². The van der Waals surface area contributed by atoms with Crippen LogP contribution >= 0.6 is 11.3 Å². The molecule has 0 amide bonds. The van der Waals surface area contributed by atoms with E-state index in [1.807, 2.05) is 31.2 Å². The molecule has 3 N–H and O–H groups in total. The number of hydrazone groups is 1. The summed E-state index contributed by atoms with van der Waals surface area (Å²) >= 11 is 1.54. The number of methoxy groups -OCH3 is 1. The molecule has 0 unspecified atom stereocenters. The lowest BCUT2D eigenvalue weighted by atomic mass is 10.2. The van der Waals surface area contributed by atoms with Crippen LogP contribution in [-0.4, -0.2) is 23.9 Å². The molecular weight excluding hydrogens is 362 g/mol. The van der Waals surface area contributed by atoms with Crippen LogP contribution in [0.4, 0.5) is 10.8 Å². The molecule has 2 aromatic carbocycles. The topological polar surface area (TPSA) is 87.6 Å². The summed E-state index contributed by atoms with van der Waals surface area (Å²) < 4.78 is 5.78. The lowest BCUT2D eigenvalue weighted by Crippen LogP contribution is -2.30. The number of fused-ring (bicyclic) bond motifs is 1. The van der Waals surface area contributed by atoms with Crippen LogP contribution in [0.5, 0.6) is 0 Å². The Morgan fingerprint density at radius 1 is 1.19 bits per heavy atom. The van der Waals surface area contributed by atoms with Crippen molar-refractivity contribution < 1.29 is 9.53 Å². The van der Waals surface area contributed by atoms with E-state index in [1.54, 1.807) is 24.3 Å². The molecule has 3 aromatic rings. The Balaban J connectivity index is 1.65. The van der Waals surface area contributed by atoms with Gasteiger partial charge < -0.3 is 4.74 Å². The molecule has 0 saturated carbocycles. The number of thiazole rings is 1. The molecule has 0 aliphatic heterocycles. The summed E-state index contributed by atoms with van der Waals surface area (Å²) in [5.41, 5.74) is 11.9. The van der Waals surface area contributed by atoms with Gasteiger partial charge in [0.05, 0.1) is 28.6 Å². The molecule has 27 heavy (non-hydrogen) atoms. The highest BCUT2D eigenvalue weighted by atomic mass is 32.1. The van der Waals surface area contributed by atoms with Crippen molar-refractivity contribution in [2.24, 2.45) is 5.10 Å². The highest BCUT2D eigenvalue weighted by molar-refractivity contribution is 7.22. The predicted octanol–water partition coefficient (Wildman–Crippen LogP) is 4.00. The third-order valence-electron chi connectivity index (χ3n) is 3.59. The minimum atomic E-state index is -0.380. The molecule has 0 aliphatic rings. The third-order valence-corrected chi connectivity index (χ3v) is 4.54. The van der Waals surface area contributed by atoms with E-state index in [1.165, 1.54) is 18.4 Å². The first-order chi connectivity index (χ1) is 13.1. The number of ether oxygens (including phenoxy) is 1. The zero-order valence-electron chi connectivity index (χ0n) is 14.9. The van der Waals surface area contributed by atoms with Crippen LogP contribution < -0.4 is 16.3 Å². The van der Waals surface area contributed by atoms with Crippen LogP contribution in [0.1, 0.15) is 17.3 Å². The van der Waals surface area contributed by atoms with Gasteiger partial charge in [0.1, 0.15) is 0 Å². The quantitative estimate of drug-likeness (QED) is 0.259. The maximum Gasteiger partial charge on any atom is 0.337 e. The molecule has 1 aromatic heterocycles. The van der Waals surface area contributed by atoms with E-state index in [0.29, 0.717) is 11.4 Å². The summed E-state index contributed by atoms with van der Waals surface area (Å²) in [5, 5.41) is 5.04. The second kappa shape index (κ2) is 8.33. The first-order valence-electron chi connectivity index (χ1n) is 8.12. The Hall–Kier alpha value is -3.39. The molecule has 8 heteroatoms. The Bertz CT molecular complexity index is 962. The zero-order chi connectivity index (χ0) is 19.2. The number of aromatic nitrogens is 1. The summed E-state index contributed by atoms with van der Waals surface area (Å²) in [4.78, 5) is 16.0. The number of anilines is 2. The van der Waals surface area contributed by atoms with Crippen LogP contribution in [0.3, 0.4) is 0 Å². The van der Waals surface area contributed by atoms with E-state index in [4.69, 9.17) is 0 Å². The van der Waals surface area contributed by atoms with Crippen molar-refractivity contribution in [1.29, 1.82) is 0 Å². The maximum atomic E-state index is 11.5. The molecule has 7 nitrogen and oxygen atoms in total. The third kappa shape index (κ3) is 4.62. The van der Waals surface area contributed by atoms with E-state index in [9.17, 15) is 4.79 Å². The average molecular weight is 381 g/mol. The van der Waals surface area contributed by atoms with Gasteiger partial charge in [-0.15, -0.1) is 0 Å². The number of nitrogens with zero attached hydrogens (tertiary/aromatic N) is 2. The normalized spacial score (nSPS) is 11.1. The predicted molar refractivity (Wildman–Crippen MR) is 110 cm³/mol. The fourth-order valence-corrected chi connectivity index (χ4v) is 3.01. The van der Waals surface area contributed by atoms with Crippen molar-refractivity contribution in [3.8, 4) is 0 Å². The maximum absolute atomic E-state index is 11.5. The van der Waals surface area contributed by atoms with Crippen LogP contribution in [-0.2, 0) is 4.74 Å². The first kappa shape index (κ1) is 18.4. The number of hydrogen-bond donors (Lipinski definition) is 3. The summed E-state index contributed by atoms with van der Waals surface area (Å²) in [6, 6.07) is 14.7. The summed E-state index contributed by atoms with van der Waals surface area (Å²) in [5.74, 6) is 0.153. The Labute approximate surface area is 160 Å². The van der Waals surface area contributed by atoms with E-state index in [2.05, 4.69) is 37.7 Å². The second-order valence-corrected chi connectivity index (χ2v) is 6.69. The number of hydrogen-bond acceptors (Lipinski definition) is 7. The Morgan fingerprint density at radius 2 is 1.93 bits per heavy atom. The second-order valence-electron chi connectivity index (χ2n) is 5.66. The van der Waals surface area contributed by atoms with Crippen LogP contribution in [0, 0.1) is 0 Å². The largest absolute Gasteiger partial charge is 0.465 e. The summed E-state index contributed by atoms with van der Waals surface area (Å²) in [7, 11) is 1.35. The van der Waals surface area contributed by atoms with Crippen molar-refractivity contribution in [3.05, 3.63) is 66.2 Å². The Kier molecular flexibility index (Phi) is 5.68. The fraction of sp³-hybridized carbons (Fsp3) is 0.105. The molecule has 3 rings (SSSR count). The monoisotopic (exact) mass is 381 g/mol. The molecule has 0 fully saturated rings. The van der Waals surface area contributed by atoms with Crippen LogP contribution in [0.15, 0.2) is 65.8 Å². The number of carbonyl (C=O) groups excluding carboxylic acids is 1. The van der Waals surface area contributed by atoms with Gasteiger partial charge in [0.15, 0.2) is 5.84 Å². The smallest absolute Gasteiger partial charge is 0.337 e. The van der Waals surface area contributed by atoms with Gasteiger partial charge >= 0.3 is 5.97 Å². The van der Waals surface area contributed by atoms with E-state index >= 15 is 0 Å².